The second kappa shape index (κ2) is 4.46. The summed E-state index contributed by atoms with van der Waals surface area (Å²) >= 11 is 1.43. The van der Waals surface area contributed by atoms with Crippen LogP contribution >= 0.6 is 15.9 Å². The summed E-state index contributed by atoms with van der Waals surface area (Å²) in [4.78, 5) is 6.37. The van der Waals surface area contributed by atoms with Gasteiger partial charge in [0.05, 0.1) is 0 Å². The molecule has 0 heterocycles. The molecule has 0 aromatic carbocycles. The monoisotopic (exact) mass is 356 g/mol. The van der Waals surface area contributed by atoms with E-state index < -0.39 is 34.7 Å². The zero-order valence-electron chi connectivity index (χ0n) is 7.71. The highest BCUT2D eigenvalue weighted by Gasteiger charge is 2.83. The topological polar surface area (TPSA) is 37.3 Å². The summed E-state index contributed by atoms with van der Waals surface area (Å²) in [5, 5.41) is 7.96. The summed E-state index contributed by atoms with van der Waals surface area (Å²) in [5.41, 5.74) is 0. The highest BCUT2D eigenvalue weighted by Crippen LogP contribution is 2.54. The van der Waals surface area contributed by atoms with Crippen molar-refractivity contribution in [1.82, 2.24) is 0 Å². The van der Waals surface area contributed by atoms with E-state index in [-0.39, 0.29) is 0 Å². The highest BCUT2D eigenvalue weighted by atomic mass is 79.9. The van der Waals surface area contributed by atoms with Gasteiger partial charge in [-0.05, 0) is 0 Å². The predicted molar refractivity (Wildman–Crippen MR) is 41.2 cm³/mol. The van der Waals surface area contributed by atoms with Crippen LogP contribution in [-0.2, 0) is 4.79 Å². The Balaban J connectivity index is 5.71. The molecule has 0 spiro atoms. The van der Waals surface area contributed by atoms with Gasteiger partial charge in [0.2, 0.25) is 0 Å². The second-order valence-electron chi connectivity index (χ2n) is 2.97. The Morgan fingerprint density at radius 3 is 1.44 bits per heavy atom. The molecule has 0 aliphatic heterocycles. The number of hydrogen-bond acceptors (Lipinski definition) is 1. The number of carboxylic acid groups (broad SMARTS) is 1. The Bertz CT molecular complexity index is 336. The van der Waals surface area contributed by atoms with Crippen molar-refractivity contribution in [2.45, 2.75) is 28.8 Å². The number of aliphatic carboxylic acids is 1. The molecule has 0 amide bonds. The van der Waals surface area contributed by atoms with Gasteiger partial charge in [0.1, 0.15) is 0 Å². The molecule has 0 radical (unpaired) electrons. The van der Waals surface area contributed by atoms with Crippen LogP contribution in [0.5, 0.6) is 0 Å². The zero-order chi connectivity index (χ0) is 15.2. The number of carbonyl (C=O) groups is 1. The number of alkyl halides is 10. The first-order valence-corrected chi connectivity index (χ1v) is 4.59. The molecule has 0 aliphatic carbocycles. The molecular formula is C6H2BrF9O2. The van der Waals surface area contributed by atoms with Crippen LogP contribution in [0.3, 0.4) is 0 Å². The molecule has 2 nitrogen and oxygen atoms in total. The molecule has 1 atom stereocenters. The molecule has 1 unspecified atom stereocenters. The lowest BCUT2D eigenvalue weighted by molar-refractivity contribution is -0.394. The normalized spacial score (nSPS) is 16.6. The predicted octanol–water partition coefficient (Wildman–Crippen LogP) is 3.30. The van der Waals surface area contributed by atoms with Gasteiger partial charge in [-0.1, -0.05) is 15.9 Å². The summed E-state index contributed by atoms with van der Waals surface area (Å²) < 4.78 is 110. The van der Waals surface area contributed by atoms with E-state index in [9.17, 15) is 44.3 Å². The highest BCUT2D eigenvalue weighted by molar-refractivity contribution is 9.10. The van der Waals surface area contributed by atoms with Crippen LogP contribution in [0.2, 0.25) is 0 Å². The van der Waals surface area contributed by atoms with Crippen molar-refractivity contribution < 1.29 is 49.4 Å². The van der Waals surface area contributed by atoms with Gasteiger partial charge >= 0.3 is 29.9 Å². The summed E-state index contributed by atoms with van der Waals surface area (Å²) in [6.45, 7) is 0. The smallest absolute Gasteiger partial charge is 0.460 e. The molecule has 108 valence electrons. The molecule has 0 aromatic heterocycles. The fraction of sp³-hybridized carbons (Fsp3) is 0.833. The van der Waals surface area contributed by atoms with Gasteiger partial charge in [-0.3, -0.25) is 4.79 Å². The average Bonchev–Trinajstić information content (AvgIpc) is 2.13. The Kier molecular flexibility index (Phi) is 4.29. The van der Waals surface area contributed by atoms with Crippen LogP contribution in [0.25, 0.3) is 0 Å². The second-order valence-corrected chi connectivity index (χ2v) is 3.89. The lowest BCUT2D eigenvalue weighted by Crippen LogP contribution is -2.64. The van der Waals surface area contributed by atoms with Gasteiger partial charge in [-0.2, -0.15) is 39.5 Å². The maximum atomic E-state index is 12.7. The van der Waals surface area contributed by atoms with Crippen molar-refractivity contribution in [3.8, 4) is 0 Å². The zero-order valence-corrected chi connectivity index (χ0v) is 9.30. The largest absolute Gasteiger partial charge is 0.480 e. The molecule has 0 aromatic rings. The van der Waals surface area contributed by atoms with Crippen molar-refractivity contribution in [1.29, 1.82) is 0 Å². The first-order valence-electron chi connectivity index (χ1n) is 3.67. The number of carboxylic acids is 1. The third-order valence-corrected chi connectivity index (χ3v) is 2.67. The standard InChI is InChI=1S/C6H2BrF9O2/c7-1(2(17)18)3(8,9)4(10,11)5(12,13)6(14,15)16/h1H,(H,17,18). The Morgan fingerprint density at radius 2 is 1.22 bits per heavy atom. The van der Waals surface area contributed by atoms with E-state index in [4.69, 9.17) is 5.11 Å². The van der Waals surface area contributed by atoms with Crippen LogP contribution in [0, 0.1) is 0 Å². The van der Waals surface area contributed by atoms with Crippen molar-refractivity contribution in [2.75, 3.05) is 0 Å². The number of rotatable bonds is 4. The summed E-state index contributed by atoms with van der Waals surface area (Å²) in [6, 6.07) is 0. The van der Waals surface area contributed by atoms with Gasteiger partial charge in [0.15, 0.2) is 4.83 Å². The van der Waals surface area contributed by atoms with E-state index in [1.807, 2.05) is 0 Å². The van der Waals surface area contributed by atoms with Gasteiger partial charge in [-0.15, -0.1) is 0 Å². The Labute approximate surface area is 101 Å². The SMILES string of the molecule is O=C(O)C(Br)C(F)(F)C(F)(F)C(F)(F)C(F)(F)F. The Morgan fingerprint density at radius 1 is 0.889 bits per heavy atom. The third-order valence-electron chi connectivity index (χ3n) is 1.70. The van der Waals surface area contributed by atoms with E-state index in [1.54, 1.807) is 0 Å². The minimum atomic E-state index is -7.09. The van der Waals surface area contributed by atoms with E-state index in [1.165, 1.54) is 15.9 Å². The quantitative estimate of drug-likeness (QED) is 0.619. The maximum Gasteiger partial charge on any atom is 0.460 e. The van der Waals surface area contributed by atoms with Gasteiger partial charge in [0.25, 0.3) is 0 Å². The average molecular weight is 357 g/mol. The Hall–Kier alpha value is -0.680. The van der Waals surface area contributed by atoms with Crippen LogP contribution in [0.4, 0.5) is 39.5 Å². The molecule has 12 heteroatoms. The number of halogens is 10. The first kappa shape index (κ1) is 17.3. The van der Waals surface area contributed by atoms with Crippen molar-refractivity contribution in [3.05, 3.63) is 0 Å². The molecule has 0 aliphatic rings. The lowest BCUT2D eigenvalue weighted by atomic mass is 10.0. The van der Waals surface area contributed by atoms with E-state index in [0.717, 1.165) is 0 Å². The fourth-order valence-corrected chi connectivity index (χ4v) is 0.989. The van der Waals surface area contributed by atoms with Gasteiger partial charge < -0.3 is 5.11 Å². The van der Waals surface area contributed by atoms with Crippen LogP contribution < -0.4 is 0 Å². The summed E-state index contributed by atoms with van der Waals surface area (Å²) in [7, 11) is 0. The van der Waals surface area contributed by atoms with E-state index in [0.29, 0.717) is 0 Å². The fourth-order valence-electron chi connectivity index (χ4n) is 0.702. The van der Waals surface area contributed by atoms with Crippen LogP contribution in [0.15, 0.2) is 0 Å². The minimum Gasteiger partial charge on any atom is -0.480 e. The molecule has 0 saturated heterocycles. The van der Waals surface area contributed by atoms with Crippen molar-refractivity contribution in [2.24, 2.45) is 0 Å². The molecule has 18 heavy (non-hydrogen) atoms. The van der Waals surface area contributed by atoms with Crippen LogP contribution in [-0.4, -0.2) is 39.8 Å². The molecule has 0 saturated carbocycles. The van der Waals surface area contributed by atoms with Crippen molar-refractivity contribution >= 4 is 21.9 Å². The summed E-state index contributed by atoms with van der Waals surface area (Å²) in [5.74, 6) is -22.9. The van der Waals surface area contributed by atoms with E-state index >= 15 is 0 Å². The lowest BCUT2D eigenvalue weighted by Gasteiger charge is -2.34. The molecule has 0 bridgehead atoms. The van der Waals surface area contributed by atoms with Crippen molar-refractivity contribution in [3.63, 3.8) is 0 Å². The number of hydrogen-bond donors (Lipinski definition) is 1. The molecular weight excluding hydrogens is 355 g/mol. The van der Waals surface area contributed by atoms with Gasteiger partial charge in [0, 0.05) is 0 Å². The first-order chi connectivity index (χ1) is 7.60. The van der Waals surface area contributed by atoms with E-state index in [2.05, 4.69) is 0 Å². The molecule has 0 fully saturated rings. The minimum absolute atomic E-state index is 1.43. The maximum absolute atomic E-state index is 12.7. The van der Waals surface area contributed by atoms with Gasteiger partial charge in [-0.25, -0.2) is 0 Å². The summed E-state index contributed by atoms with van der Waals surface area (Å²) in [6.07, 6.45) is -6.97. The third kappa shape index (κ3) is 2.38. The molecule has 0 rings (SSSR count). The molecule has 1 N–H and O–H groups in total. The van der Waals surface area contributed by atoms with Crippen LogP contribution in [0.1, 0.15) is 0 Å².